The fourth-order valence-electron chi connectivity index (χ4n) is 2.74. The molecule has 2 heterocycles. The molecule has 23 heavy (non-hydrogen) atoms. The van der Waals surface area contributed by atoms with Crippen LogP contribution in [0.5, 0.6) is 0 Å². The average Bonchev–Trinajstić information content (AvgIpc) is 3.16. The molecule has 1 aliphatic heterocycles. The van der Waals surface area contributed by atoms with Crippen molar-refractivity contribution in [2.24, 2.45) is 0 Å². The number of nitrogens with zero attached hydrogens (tertiary/aromatic N) is 2. The molecule has 1 aromatic heterocycles. The van der Waals surface area contributed by atoms with Gasteiger partial charge in [0.1, 0.15) is 12.1 Å². The molecule has 1 unspecified atom stereocenters. The van der Waals surface area contributed by atoms with Crippen LogP contribution < -0.4 is 5.32 Å². The van der Waals surface area contributed by atoms with Crippen LogP contribution in [0.4, 0.5) is 0 Å². The largest absolute Gasteiger partial charge is 0.480 e. The zero-order valence-corrected chi connectivity index (χ0v) is 12.7. The first-order valence-electron chi connectivity index (χ1n) is 7.40. The molecule has 9 heteroatoms. The van der Waals surface area contributed by atoms with Crippen molar-refractivity contribution in [1.82, 2.24) is 20.2 Å². The molecule has 0 bridgehead atoms. The van der Waals surface area contributed by atoms with Crippen molar-refractivity contribution in [2.45, 2.75) is 44.3 Å². The third kappa shape index (κ3) is 4.07. The highest BCUT2D eigenvalue weighted by atomic mass is 16.4. The molecule has 126 valence electrons. The van der Waals surface area contributed by atoms with Crippen molar-refractivity contribution in [1.29, 1.82) is 0 Å². The molecular weight excluding hydrogens is 304 g/mol. The van der Waals surface area contributed by atoms with Crippen LogP contribution in [0.2, 0.25) is 0 Å². The minimum absolute atomic E-state index is 0.124. The highest BCUT2D eigenvalue weighted by molar-refractivity contribution is 5.88. The van der Waals surface area contributed by atoms with E-state index in [0.717, 1.165) is 0 Å². The quantitative estimate of drug-likeness (QED) is 0.529. The van der Waals surface area contributed by atoms with Crippen LogP contribution in [-0.4, -0.2) is 67.6 Å². The Bertz CT molecular complexity index is 574. The van der Waals surface area contributed by atoms with E-state index in [4.69, 9.17) is 5.11 Å². The third-order valence-corrected chi connectivity index (χ3v) is 3.91. The van der Waals surface area contributed by atoms with Crippen LogP contribution in [0.25, 0.3) is 0 Å². The number of carbonyl (C=O) groups is 3. The molecule has 1 aromatic rings. The first kappa shape index (κ1) is 16.9. The van der Waals surface area contributed by atoms with Gasteiger partial charge in [0.05, 0.1) is 18.1 Å². The van der Waals surface area contributed by atoms with Gasteiger partial charge < -0.3 is 20.1 Å². The van der Waals surface area contributed by atoms with E-state index in [1.165, 1.54) is 11.2 Å². The Morgan fingerprint density at radius 2 is 2.22 bits per heavy atom. The zero-order chi connectivity index (χ0) is 17.0. The molecule has 0 radical (unpaired) electrons. The molecule has 1 amide bonds. The van der Waals surface area contributed by atoms with Crippen LogP contribution >= 0.6 is 0 Å². The van der Waals surface area contributed by atoms with Gasteiger partial charge in [0, 0.05) is 19.2 Å². The Labute approximate surface area is 132 Å². The maximum absolute atomic E-state index is 12.4. The minimum atomic E-state index is -1.09. The molecule has 9 nitrogen and oxygen atoms in total. The van der Waals surface area contributed by atoms with Crippen LogP contribution in [0.3, 0.4) is 0 Å². The van der Waals surface area contributed by atoms with Gasteiger partial charge in [0.2, 0.25) is 5.91 Å². The summed E-state index contributed by atoms with van der Waals surface area (Å²) in [6.45, 7) is 1.92. The normalized spacial score (nSPS) is 20.2. The standard InChI is InChI=1S/C14H20N4O5/c1-8(12(19)18-4-2-3-11(18)14(22)23)17-10(13(20)21)5-9-6-15-7-16-9/h6-8,10-11,17H,2-5H2,1H3,(H,15,16)(H,20,21)(H,22,23)/t8-,10?,11-/m0/s1. The van der Waals surface area contributed by atoms with Gasteiger partial charge in [-0.3, -0.25) is 14.9 Å². The first-order chi connectivity index (χ1) is 10.9. The van der Waals surface area contributed by atoms with E-state index in [0.29, 0.717) is 25.1 Å². The Morgan fingerprint density at radius 1 is 1.48 bits per heavy atom. The zero-order valence-electron chi connectivity index (χ0n) is 12.7. The fraction of sp³-hybridized carbons (Fsp3) is 0.571. The van der Waals surface area contributed by atoms with Crippen molar-refractivity contribution in [3.8, 4) is 0 Å². The maximum atomic E-state index is 12.4. The Morgan fingerprint density at radius 3 is 2.78 bits per heavy atom. The SMILES string of the molecule is C[C@H](NC(Cc1c[nH]cn1)C(=O)O)C(=O)N1CCC[C@H]1C(=O)O. The summed E-state index contributed by atoms with van der Waals surface area (Å²) in [5.41, 5.74) is 0.564. The monoisotopic (exact) mass is 324 g/mol. The number of likely N-dealkylation sites (tertiary alicyclic amines) is 1. The lowest BCUT2D eigenvalue weighted by Gasteiger charge is -2.27. The number of carboxylic acid groups (broad SMARTS) is 2. The summed E-state index contributed by atoms with van der Waals surface area (Å²) in [6, 6.07) is -2.61. The van der Waals surface area contributed by atoms with Gasteiger partial charge in [-0.2, -0.15) is 0 Å². The molecular formula is C14H20N4O5. The van der Waals surface area contributed by atoms with Gasteiger partial charge in [-0.1, -0.05) is 0 Å². The Balaban J connectivity index is 2.00. The summed E-state index contributed by atoms with van der Waals surface area (Å²) in [5, 5.41) is 21.2. The van der Waals surface area contributed by atoms with E-state index in [2.05, 4.69) is 15.3 Å². The highest BCUT2D eigenvalue weighted by Gasteiger charge is 2.36. The van der Waals surface area contributed by atoms with Gasteiger partial charge in [-0.05, 0) is 19.8 Å². The highest BCUT2D eigenvalue weighted by Crippen LogP contribution is 2.18. The van der Waals surface area contributed by atoms with Gasteiger partial charge in [0.25, 0.3) is 0 Å². The van der Waals surface area contributed by atoms with Gasteiger partial charge in [0.15, 0.2) is 0 Å². The van der Waals surface area contributed by atoms with Crippen molar-refractivity contribution >= 4 is 17.8 Å². The minimum Gasteiger partial charge on any atom is -0.480 e. The molecule has 3 atom stereocenters. The molecule has 0 spiro atoms. The van der Waals surface area contributed by atoms with Crippen molar-refractivity contribution in [3.63, 3.8) is 0 Å². The summed E-state index contributed by atoms with van der Waals surface area (Å²) in [5.74, 6) is -2.53. The lowest BCUT2D eigenvalue weighted by Crippen LogP contribution is -2.53. The molecule has 4 N–H and O–H groups in total. The van der Waals surface area contributed by atoms with Crippen LogP contribution in [-0.2, 0) is 20.8 Å². The number of carbonyl (C=O) groups excluding carboxylic acids is 1. The smallest absolute Gasteiger partial charge is 0.326 e. The second-order valence-corrected chi connectivity index (χ2v) is 5.57. The second-order valence-electron chi connectivity index (χ2n) is 5.57. The molecule has 1 fully saturated rings. The first-order valence-corrected chi connectivity index (χ1v) is 7.40. The van der Waals surface area contributed by atoms with Crippen molar-refractivity contribution in [3.05, 3.63) is 18.2 Å². The molecule has 1 saturated heterocycles. The molecule has 1 aliphatic rings. The fourth-order valence-corrected chi connectivity index (χ4v) is 2.74. The third-order valence-electron chi connectivity index (χ3n) is 3.91. The summed E-state index contributed by atoms with van der Waals surface area (Å²) in [6.07, 6.45) is 4.21. The van der Waals surface area contributed by atoms with Gasteiger partial charge in [-0.15, -0.1) is 0 Å². The number of aromatic amines is 1. The number of aromatic nitrogens is 2. The van der Waals surface area contributed by atoms with E-state index < -0.39 is 36.0 Å². The van der Waals surface area contributed by atoms with E-state index in [1.54, 1.807) is 13.1 Å². The lowest BCUT2D eigenvalue weighted by atomic mass is 10.1. The lowest BCUT2D eigenvalue weighted by molar-refractivity contribution is -0.149. The van der Waals surface area contributed by atoms with Gasteiger partial charge in [-0.25, -0.2) is 9.78 Å². The molecule has 0 aliphatic carbocycles. The number of hydrogen-bond donors (Lipinski definition) is 4. The van der Waals surface area contributed by atoms with Crippen molar-refractivity contribution in [2.75, 3.05) is 6.54 Å². The Kier molecular flexibility index (Phi) is 5.32. The van der Waals surface area contributed by atoms with Crippen molar-refractivity contribution < 1.29 is 24.6 Å². The van der Waals surface area contributed by atoms with E-state index >= 15 is 0 Å². The predicted octanol–water partition coefficient (Wildman–Crippen LogP) is -0.541. The van der Waals surface area contributed by atoms with Crippen LogP contribution in [0.15, 0.2) is 12.5 Å². The second kappa shape index (κ2) is 7.23. The van der Waals surface area contributed by atoms with E-state index in [-0.39, 0.29) is 6.42 Å². The number of H-pyrrole nitrogens is 1. The number of nitrogens with one attached hydrogen (secondary N) is 2. The van der Waals surface area contributed by atoms with E-state index in [9.17, 15) is 19.5 Å². The number of aliphatic carboxylic acids is 2. The summed E-state index contributed by atoms with van der Waals surface area (Å²) in [7, 11) is 0. The van der Waals surface area contributed by atoms with Crippen LogP contribution in [0, 0.1) is 0 Å². The number of carboxylic acids is 2. The summed E-state index contributed by atoms with van der Waals surface area (Å²) < 4.78 is 0. The van der Waals surface area contributed by atoms with Gasteiger partial charge >= 0.3 is 11.9 Å². The predicted molar refractivity (Wildman–Crippen MR) is 78.7 cm³/mol. The number of rotatable bonds is 7. The summed E-state index contributed by atoms with van der Waals surface area (Å²) in [4.78, 5) is 42.9. The molecule has 0 saturated carbocycles. The molecule has 0 aromatic carbocycles. The van der Waals surface area contributed by atoms with Crippen LogP contribution in [0.1, 0.15) is 25.5 Å². The number of amides is 1. The maximum Gasteiger partial charge on any atom is 0.326 e. The topological polar surface area (TPSA) is 136 Å². The molecule has 2 rings (SSSR count). The van der Waals surface area contributed by atoms with E-state index in [1.807, 2.05) is 0 Å². The number of hydrogen-bond acceptors (Lipinski definition) is 5. The summed E-state index contributed by atoms with van der Waals surface area (Å²) >= 11 is 0. The average molecular weight is 324 g/mol. The number of imidazole rings is 1. The Hall–Kier alpha value is -2.42.